The van der Waals surface area contributed by atoms with E-state index in [0.29, 0.717) is 18.7 Å². The summed E-state index contributed by atoms with van der Waals surface area (Å²) >= 11 is 0. The Morgan fingerprint density at radius 3 is 2.48 bits per heavy atom. The predicted molar refractivity (Wildman–Crippen MR) is 121 cm³/mol. The second-order valence-electron chi connectivity index (χ2n) is 8.95. The lowest BCUT2D eigenvalue weighted by Gasteiger charge is -2.39. The van der Waals surface area contributed by atoms with Crippen molar-refractivity contribution in [2.24, 2.45) is 7.05 Å². The third kappa shape index (κ3) is 4.39. The Hall–Kier alpha value is -3.14. The third-order valence-electron chi connectivity index (χ3n) is 6.65. The van der Waals surface area contributed by atoms with Crippen LogP contribution in [0.15, 0.2) is 36.9 Å². The van der Waals surface area contributed by atoms with Gasteiger partial charge in [0.15, 0.2) is 0 Å². The lowest BCUT2D eigenvalue weighted by molar-refractivity contribution is 0.133. The van der Waals surface area contributed by atoms with Crippen molar-refractivity contribution in [3.8, 4) is 11.3 Å². The van der Waals surface area contributed by atoms with E-state index in [1.165, 1.54) is 0 Å². The lowest BCUT2D eigenvalue weighted by atomic mass is 9.97. The molecule has 0 spiro atoms. The Kier molecular flexibility index (Phi) is 5.92. The fraction of sp³-hybridized carbons (Fsp3) is 0.478. The molecule has 5 heterocycles. The Labute approximate surface area is 190 Å². The van der Waals surface area contributed by atoms with Crippen LogP contribution in [0.4, 0.5) is 19.4 Å². The number of hydrogen-bond donors (Lipinski definition) is 2. The average molecular weight is 456 g/mol. The number of rotatable bonds is 6. The number of pyridine rings is 2. The van der Waals surface area contributed by atoms with E-state index >= 15 is 0 Å². The zero-order chi connectivity index (χ0) is 22.9. The van der Waals surface area contributed by atoms with Crippen LogP contribution in [0.25, 0.3) is 22.0 Å². The van der Waals surface area contributed by atoms with Crippen LogP contribution in [-0.4, -0.2) is 68.2 Å². The molecule has 3 aromatic rings. The molecule has 2 bridgehead atoms. The van der Waals surface area contributed by atoms with Crippen LogP contribution in [0.5, 0.6) is 0 Å². The van der Waals surface area contributed by atoms with Crippen molar-refractivity contribution in [1.29, 1.82) is 0 Å². The molecule has 0 saturated carbocycles. The van der Waals surface area contributed by atoms with E-state index in [1.807, 2.05) is 30.3 Å². The van der Waals surface area contributed by atoms with Crippen LogP contribution in [0.1, 0.15) is 25.7 Å². The first-order chi connectivity index (χ1) is 16.0. The molecule has 2 aliphatic heterocycles. The van der Waals surface area contributed by atoms with Gasteiger partial charge in [0.1, 0.15) is 19.2 Å². The van der Waals surface area contributed by atoms with Crippen molar-refractivity contribution in [1.82, 2.24) is 30.0 Å². The Morgan fingerprint density at radius 1 is 1.09 bits per heavy atom. The molecule has 2 N–H and O–H groups in total. The highest BCUT2D eigenvalue weighted by atomic mass is 19.1. The number of alkyl halides is 2. The summed E-state index contributed by atoms with van der Waals surface area (Å²) < 4.78 is 27.5. The highest BCUT2D eigenvalue weighted by Gasteiger charge is 2.43. The topological polar surface area (TPSA) is 88.0 Å². The summed E-state index contributed by atoms with van der Waals surface area (Å²) in [4.78, 5) is 23.9. The molecular weight excluding hydrogens is 428 g/mol. The van der Waals surface area contributed by atoms with Crippen molar-refractivity contribution in [2.75, 3.05) is 18.7 Å². The van der Waals surface area contributed by atoms with Gasteiger partial charge in [0, 0.05) is 54.7 Å². The molecule has 0 unspecified atom stereocenters. The second-order valence-corrected chi connectivity index (χ2v) is 8.95. The van der Waals surface area contributed by atoms with Crippen LogP contribution < -0.4 is 10.6 Å². The molecule has 0 aromatic carbocycles. The van der Waals surface area contributed by atoms with Gasteiger partial charge in [-0.25, -0.2) is 18.6 Å². The summed E-state index contributed by atoms with van der Waals surface area (Å²) in [5, 5.41) is 12.0. The van der Waals surface area contributed by atoms with Gasteiger partial charge < -0.3 is 10.2 Å². The maximum Gasteiger partial charge on any atom is 0.323 e. The number of urea groups is 1. The zero-order valence-corrected chi connectivity index (χ0v) is 18.4. The number of carbonyl (C=O) groups is 1. The maximum absolute atomic E-state index is 13.1. The first kappa shape index (κ1) is 21.7. The Bertz CT molecular complexity index is 1130. The molecule has 3 atom stereocenters. The van der Waals surface area contributed by atoms with E-state index in [2.05, 4.69) is 25.7 Å². The summed E-state index contributed by atoms with van der Waals surface area (Å²) in [5.41, 5.74) is 1.71. The minimum Gasteiger partial charge on any atom is -0.318 e. The van der Waals surface area contributed by atoms with E-state index in [1.54, 1.807) is 23.3 Å². The predicted octanol–water partition coefficient (Wildman–Crippen LogP) is 3.45. The van der Waals surface area contributed by atoms with E-state index in [-0.39, 0.29) is 24.2 Å². The van der Waals surface area contributed by atoms with Crippen LogP contribution in [0.2, 0.25) is 0 Å². The quantitative estimate of drug-likeness (QED) is 0.595. The van der Waals surface area contributed by atoms with E-state index < -0.39 is 19.4 Å². The van der Waals surface area contributed by atoms with Crippen LogP contribution in [-0.2, 0) is 7.05 Å². The van der Waals surface area contributed by atoms with Crippen molar-refractivity contribution in [3.05, 3.63) is 36.9 Å². The van der Waals surface area contributed by atoms with Gasteiger partial charge in [0.05, 0.1) is 17.9 Å². The molecule has 2 amide bonds. The summed E-state index contributed by atoms with van der Waals surface area (Å²) in [6.45, 7) is -1.45. The number of anilines is 1. The van der Waals surface area contributed by atoms with Gasteiger partial charge in [0.2, 0.25) is 0 Å². The second kappa shape index (κ2) is 9.01. The monoisotopic (exact) mass is 455 g/mol. The van der Waals surface area contributed by atoms with Crippen LogP contribution >= 0.6 is 0 Å². The maximum atomic E-state index is 13.1. The van der Waals surface area contributed by atoms with Gasteiger partial charge in [-0.15, -0.1) is 0 Å². The molecule has 0 aliphatic carbocycles. The Morgan fingerprint density at radius 2 is 1.82 bits per heavy atom. The number of nitrogens with one attached hydrogen (secondary N) is 2. The average Bonchev–Trinajstić information content (AvgIpc) is 3.37. The Balaban J connectivity index is 1.29. The molecule has 5 rings (SSSR count). The number of halogens is 2. The number of aromatic nitrogens is 4. The fourth-order valence-electron chi connectivity index (χ4n) is 5.10. The first-order valence-electron chi connectivity index (χ1n) is 11.3. The summed E-state index contributed by atoms with van der Waals surface area (Å²) in [6, 6.07) is 3.00. The summed E-state index contributed by atoms with van der Waals surface area (Å²) in [5.74, 6) is 0.477. The van der Waals surface area contributed by atoms with Gasteiger partial charge in [-0.1, -0.05) is 0 Å². The number of amides is 2. The largest absolute Gasteiger partial charge is 0.323 e. The number of fused-ring (bicyclic) bond motifs is 3. The number of carbonyl (C=O) groups excluding carboxylic acids is 1. The fourth-order valence-corrected chi connectivity index (χ4v) is 5.10. The molecule has 2 aliphatic rings. The third-order valence-corrected chi connectivity index (χ3v) is 6.65. The number of nitrogens with zero attached hydrogens (tertiary/aromatic N) is 5. The van der Waals surface area contributed by atoms with Crippen LogP contribution in [0.3, 0.4) is 0 Å². The molecule has 0 radical (unpaired) electrons. The van der Waals surface area contributed by atoms with E-state index in [0.717, 1.165) is 34.9 Å². The normalized spacial score (nSPS) is 22.3. The first-order valence-corrected chi connectivity index (χ1v) is 11.3. The molecule has 2 fully saturated rings. The zero-order valence-electron chi connectivity index (χ0n) is 18.4. The molecule has 8 nitrogen and oxygen atoms in total. The van der Waals surface area contributed by atoms with Gasteiger partial charge >= 0.3 is 6.03 Å². The van der Waals surface area contributed by atoms with Crippen molar-refractivity contribution in [2.45, 2.75) is 49.9 Å². The summed E-state index contributed by atoms with van der Waals surface area (Å²) in [6.07, 6.45) is 10.3. The van der Waals surface area contributed by atoms with Gasteiger partial charge in [-0.2, -0.15) is 5.10 Å². The van der Waals surface area contributed by atoms with Crippen molar-refractivity contribution in [3.63, 3.8) is 0 Å². The van der Waals surface area contributed by atoms with Gasteiger partial charge in [-0.3, -0.25) is 15.0 Å². The lowest BCUT2D eigenvalue weighted by Crippen LogP contribution is -2.54. The van der Waals surface area contributed by atoms with Crippen LogP contribution in [0, 0.1) is 0 Å². The van der Waals surface area contributed by atoms with Gasteiger partial charge in [0.25, 0.3) is 0 Å². The molecule has 2 saturated heterocycles. The highest BCUT2D eigenvalue weighted by Crippen LogP contribution is 2.36. The standard InChI is InChI=1S/C23H27F2N7O/c1-31-13-16(12-28-31)21-4-14-5-22(27-11-15(14)10-26-21)30-23(33)32-19-2-3-20(32)7-17(6-19)29-18(8-24)9-25/h4-5,10-13,17-20,29H,2-3,6-9H2,1H3,(H,27,30,33)/t17-,19-,20+. The highest BCUT2D eigenvalue weighted by molar-refractivity contribution is 5.93. The van der Waals surface area contributed by atoms with E-state index in [9.17, 15) is 13.6 Å². The molecule has 174 valence electrons. The molecule has 10 heteroatoms. The molecular formula is C23H27F2N7O. The van der Waals surface area contributed by atoms with Gasteiger partial charge in [-0.05, 0) is 43.2 Å². The van der Waals surface area contributed by atoms with Crippen molar-refractivity contribution >= 4 is 22.6 Å². The summed E-state index contributed by atoms with van der Waals surface area (Å²) in [7, 11) is 1.86. The number of piperidine rings is 1. The number of aryl methyl sites for hydroxylation is 1. The smallest absolute Gasteiger partial charge is 0.318 e. The minimum absolute atomic E-state index is 0.0280. The molecule has 3 aromatic heterocycles. The van der Waals surface area contributed by atoms with Crippen molar-refractivity contribution < 1.29 is 13.6 Å². The van der Waals surface area contributed by atoms with E-state index in [4.69, 9.17) is 0 Å². The SMILES string of the molecule is Cn1cc(-c2cc3cc(NC(=O)N4[C@@H]5CC[C@H]4C[C@H](NC(CF)CF)C5)ncc3cn2)cn1. The number of hydrogen-bond acceptors (Lipinski definition) is 5. The minimum atomic E-state index is -0.761. The molecule has 33 heavy (non-hydrogen) atoms.